The molecular formula is C21H19ClN4O3S. The lowest BCUT2D eigenvalue weighted by Gasteiger charge is -2.07. The van der Waals surface area contributed by atoms with Crippen molar-refractivity contribution in [2.24, 2.45) is 0 Å². The first-order valence-corrected chi connectivity index (χ1v) is 10.6. The Balaban J connectivity index is 1.52. The van der Waals surface area contributed by atoms with Crippen LogP contribution in [-0.4, -0.2) is 33.5 Å². The largest absolute Gasteiger partial charge is 0.493 e. The Hall–Kier alpha value is -2.97. The van der Waals surface area contributed by atoms with Gasteiger partial charge in [0, 0.05) is 22.6 Å². The Morgan fingerprint density at radius 2 is 2.07 bits per heavy atom. The lowest BCUT2D eigenvalue weighted by atomic mass is 10.2. The average Bonchev–Trinajstić information content (AvgIpc) is 3.35. The van der Waals surface area contributed by atoms with Crippen LogP contribution in [0.5, 0.6) is 5.75 Å². The SMILES string of the molecule is CCn1c(SCC(=O)Nc2cccc(Cl)c2)nnc1-c1cc2cccc(OC)c2o1. The number of carbonyl (C=O) groups excluding carboxylic acids is 1. The van der Waals surface area contributed by atoms with E-state index in [1.54, 1.807) is 31.4 Å². The van der Waals surface area contributed by atoms with Gasteiger partial charge in [0.15, 0.2) is 22.2 Å². The van der Waals surface area contributed by atoms with Crippen LogP contribution in [0, 0.1) is 0 Å². The van der Waals surface area contributed by atoms with Gasteiger partial charge in [-0.05, 0) is 37.3 Å². The molecule has 0 bridgehead atoms. The highest BCUT2D eigenvalue weighted by atomic mass is 35.5. The van der Waals surface area contributed by atoms with Crippen LogP contribution in [0.15, 0.2) is 58.1 Å². The number of methoxy groups -OCH3 is 1. The van der Waals surface area contributed by atoms with E-state index >= 15 is 0 Å². The highest BCUT2D eigenvalue weighted by Gasteiger charge is 2.19. The molecule has 0 atom stereocenters. The molecule has 0 aliphatic heterocycles. The first kappa shape index (κ1) is 20.3. The van der Waals surface area contributed by atoms with Gasteiger partial charge < -0.3 is 14.5 Å². The molecule has 0 saturated carbocycles. The number of aromatic nitrogens is 3. The van der Waals surface area contributed by atoms with Gasteiger partial charge in [0.05, 0.1) is 12.9 Å². The van der Waals surface area contributed by atoms with E-state index in [4.69, 9.17) is 20.8 Å². The monoisotopic (exact) mass is 442 g/mol. The summed E-state index contributed by atoms with van der Waals surface area (Å²) in [6.45, 7) is 2.63. The Morgan fingerprint density at radius 3 is 2.83 bits per heavy atom. The van der Waals surface area contributed by atoms with Crippen LogP contribution in [0.2, 0.25) is 5.02 Å². The van der Waals surface area contributed by atoms with E-state index in [9.17, 15) is 4.79 Å². The Kier molecular flexibility index (Phi) is 5.96. The van der Waals surface area contributed by atoms with Gasteiger partial charge in [-0.1, -0.05) is 41.6 Å². The minimum atomic E-state index is -0.150. The van der Waals surface area contributed by atoms with E-state index in [1.165, 1.54) is 11.8 Å². The molecule has 9 heteroatoms. The Bertz CT molecular complexity index is 1200. The summed E-state index contributed by atoms with van der Waals surface area (Å²) in [5.74, 6) is 1.91. The number of benzene rings is 2. The van der Waals surface area contributed by atoms with Gasteiger partial charge >= 0.3 is 0 Å². The highest BCUT2D eigenvalue weighted by Crippen LogP contribution is 2.33. The van der Waals surface area contributed by atoms with Gasteiger partial charge in [-0.25, -0.2) is 0 Å². The molecule has 7 nitrogen and oxygen atoms in total. The standard InChI is InChI=1S/C21H19ClN4O3S/c1-3-26-20(17-10-13-6-4-9-16(28-2)19(13)29-17)24-25-21(26)30-12-18(27)23-15-8-5-7-14(22)11-15/h4-11H,3,12H2,1-2H3,(H,23,27). The predicted molar refractivity (Wildman–Crippen MR) is 118 cm³/mol. The topological polar surface area (TPSA) is 82.2 Å². The van der Waals surface area contributed by atoms with E-state index in [-0.39, 0.29) is 11.7 Å². The van der Waals surface area contributed by atoms with Crippen molar-refractivity contribution in [2.75, 3.05) is 18.2 Å². The van der Waals surface area contributed by atoms with E-state index < -0.39 is 0 Å². The second kappa shape index (κ2) is 8.81. The molecule has 30 heavy (non-hydrogen) atoms. The zero-order valence-corrected chi connectivity index (χ0v) is 18.0. The number of thioether (sulfide) groups is 1. The summed E-state index contributed by atoms with van der Waals surface area (Å²) in [5.41, 5.74) is 1.32. The van der Waals surface area contributed by atoms with Gasteiger partial charge in [-0.2, -0.15) is 0 Å². The van der Waals surface area contributed by atoms with E-state index in [2.05, 4.69) is 15.5 Å². The van der Waals surface area contributed by atoms with E-state index in [1.807, 2.05) is 35.8 Å². The second-order valence-electron chi connectivity index (χ2n) is 6.39. The molecule has 2 aromatic carbocycles. The van der Waals surface area contributed by atoms with Crippen molar-refractivity contribution < 1.29 is 13.9 Å². The van der Waals surface area contributed by atoms with Gasteiger partial charge in [-0.3, -0.25) is 9.36 Å². The Morgan fingerprint density at radius 1 is 1.23 bits per heavy atom. The number of ether oxygens (including phenoxy) is 1. The van der Waals surface area contributed by atoms with Crippen molar-refractivity contribution in [3.63, 3.8) is 0 Å². The maximum Gasteiger partial charge on any atom is 0.234 e. The molecule has 0 radical (unpaired) electrons. The second-order valence-corrected chi connectivity index (χ2v) is 7.77. The minimum Gasteiger partial charge on any atom is -0.493 e. The number of amides is 1. The van der Waals surface area contributed by atoms with Crippen LogP contribution in [0.1, 0.15) is 6.92 Å². The summed E-state index contributed by atoms with van der Waals surface area (Å²) in [6, 6.07) is 14.6. The fourth-order valence-electron chi connectivity index (χ4n) is 3.06. The molecule has 2 heterocycles. The molecule has 1 amide bonds. The molecule has 0 spiro atoms. The molecule has 4 rings (SSSR count). The minimum absolute atomic E-state index is 0.150. The summed E-state index contributed by atoms with van der Waals surface area (Å²) < 4.78 is 13.3. The number of carbonyl (C=O) groups is 1. The lowest BCUT2D eigenvalue weighted by molar-refractivity contribution is -0.113. The summed E-state index contributed by atoms with van der Waals surface area (Å²) >= 11 is 7.27. The van der Waals surface area contributed by atoms with Crippen molar-refractivity contribution in [1.29, 1.82) is 0 Å². The van der Waals surface area contributed by atoms with Crippen molar-refractivity contribution in [2.45, 2.75) is 18.6 Å². The van der Waals surface area contributed by atoms with Crippen LogP contribution in [0.4, 0.5) is 5.69 Å². The number of fused-ring (bicyclic) bond motifs is 1. The number of nitrogens with zero attached hydrogens (tertiary/aromatic N) is 3. The molecule has 1 N–H and O–H groups in total. The zero-order valence-electron chi connectivity index (χ0n) is 16.4. The molecule has 4 aromatic rings. The maximum absolute atomic E-state index is 12.3. The van der Waals surface area contributed by atoms with Crippen molar-refractivity contribution in [1.82, 2.24) is 14.8 Å². The molecule has 2 aromatic heterocycles. The van der Waals surface area contributed by atoms with E-state index in [0.717, 1.165) is 5.39 Å². The number of nitrogens with one attached hydrogen (secondary N) is 1. The summed E-state index contributed by atoms with van der Waals surface area (Å²) in [5, 5.41) is 13.5. The number of halogens is 1. The smallest absolute Gasteiger partial charge is 0.234 e. The molecule has 0 aliphatic rings. The van der Waals surface area contributed by atoms with Crippen LogP contribution in [0.25, 0.3) is 22.6 Å². The zero-order chi connectivity index (χ0) is 21.1. The van der Waals surface area contributed by atoms with Gasteiger partial charge in [-0.15, -0.1) is 10.2 Å². The first-order chi connectivity index (χ1) is 14.6. The molecule has 0 fully saturated rings. The molecule has 154 valence electrons. The van der Waals surface area contributed by atoms with Crippen LogP contribution in [-0.2, 0) is 11.3 Å². The number of rotatable bonds is 7. The number of furan rings is 1. The Labute approximate surface area is 182 Å². The third-order valence-electron chi connectivity index (χ3n) is 4.42. The van der Waals surface area contributed by atoms with Crippen molar-refractivity contribution >= 4 is 45.9 Å². The average molecular weight is 443 g/mol. The summed E-state index contributed by atoms with van der Waals surface area (Å²) in [6.07, 6.45) is 0. The van der Waals surface area contributed by atoms with Crippen molar-refractivity contribution in [3.05, 3.63) is 53.6 Å². The quantitative estimate of drug-likeness (QED) is 0.401. The first-order valence-electron chi connectivity index (χ1n) is 9.27. The van der Waals surface area contributed by atoms with E-state index in [0.29, 0.717) is 45.3 Å². The van der Waals surface area contributed by atoms with Crippen molar-refractivity contribution in [3.8, 4) is 17.3 Å². The maximum atomic E-state index is 12.3. The van der Waals surface area contributed by atoms with Crippen LogP contribution in [0.3, 0.4) is 0 Å². The third-order valence-corrected chi connectivity index (χ3v) is 5.62. The number of hydrogen-bond donors (Lipinski definition) is 1. The van der Waals surface area contributed by atoms with Gasteiger partial charge in [0.25, 0.3) is 0 Å². The fourth-order valence-corrected chi connectivity index (χ4v) is 4.06. The molecular weight excluding hydrogens is 424 g/mol. The molecule has 0 saturated heterocycles. The van der Waals surface area contributed by atoms with Gasteiger partial charge in [0.1, 0.15) is 0 Å². The number of para-hydroxylation sites is 1. The van der Waals surface area contributed by atoms with Crippen LogP contribution < -0.4 is 10.1 Å². The number of anilines is 1. The summed E-state index contributed by atoms with van der Waals surface area (Å²) in [7, 11) is 1.61. The lowest BCUT2D eigenvalue weighted by Crippen LogP contribution is -2.14. The highest BCUT2D eigenvalue weighted by molar-refractivity contribution is 7.99. The number of hydrogen-bond acceptors (Lipinski definition) is 6. The van der Waals surface area contributed by atoms with Gasteiger partial charge in [0.2, 0.25) is 11.7 Å². The summed E-state index contributed by atoms with van der Waals surface area (Å²) in [4.78, 5) is 12.3. The predicted octanol–water partition coefficient (Wildman–Crippen LogP) is 5.10. The molecule has 0 unspecified atom stereocenters. The fraction of sp³-hybridized carbons (Fsp3) is 0.190. The third kappa shape index (κ3) is 4.15. The normalized spacial score (nSPS) is 11.0. The molecule has 0 aliphatic carbocycles. The van der Waals surface area contributed by atoms with Crippen LogP contribution >= 0.6 is 23.4 Å².